The molecular formula is C25H23F3N2O4. The van der Waals surface area contributed by atoms with Crippen LogP contribution in [0, 0.1) is 11.3 Å². The van der Waals surface area contributed by atoms with Crippen molar-refractivity contribution in [3.63, 3.8) is 0 Å². The van der Waals surface area contributed by atoms with Crippen LogP contribution in [0.5, 0.6) is 11.5 Å². The average molecular weight is 472 g/mol. The van der Waals surface area contributed by atoms with Gasteiger partial charge in [0.15, 0.2) is 0 Å². The molecule has 0 N–H and O–H groups in total. The predicted octanol–water partition coefficient (Wildman–Crippen LogP) is 5.82. The van der Waals surface area contributed by atoms with Crippen LogP contribution in [0.3, 0.4) is 0 Å². The highest BCUT2D eigenvalue weighted by Gasteiger charge is 2.31. The highest BCUT2D eigenvalue weighted by Crippen LogP contribution is 2.36. The summed E-state index contributed by atoms with van der Waals surface area (Å²) in [5.41, 5.74) is 2.54. The molecule has 1 aliphatic rings. The van der Waals surface area contributed by atoms with Crippen molar-refractivity contribution in [3.05, 3.63) is 59.3 Å². The van der Waals surface area contributed by atoms with Crippen LogP contribution in [-0.4, -0.2) is 23.5 Å². The molecule has 3 aromatic rings. The summed E-state index contributed by atoms with van der Waals surface area (Å²) >= 11 is 0. The molecule has 2 aromatic carbocycles. The first-order valence-corrected chi connectivity index (χ1v) is 11.0. The summed E-state index contributed by atoms with van der Waals surface area (Å²) in [6, 6.07) is 13.2. The van der Waals surface area contributed by atoms with Gasteiger partial charge in [-0.15, -0.1) is 13.2 Å². The lowest BCUT2D eigenvalue weighted by molar-refractivity contribution is -0.274. The Morgan fingerprint density at radius 3 is 2.74 bits per heavy atom. The number of nitriles is 1. The number of carbonyl (C=O) groups excluding carboxylic acids is 1. The van der Waals surface area contributed by atoms with Gasteiger partial charge >= 0.3 is 12.3 Å². The van der Waals surface area contributed by atoms with Crippen LogP contribution in [0.25, 0.3) is 10.9 Å². The molecule has 1 aromatic heterocycles. The number of halogens is 3. The molecule has 0 aliphatic carbocycles. The quantitative estimate of drug-likeness (QED) is 0.405. The molecule has 0 saturated carbocycles. The molecule has 0 spiro atoms. The zero-order valence-electron chi connectivity index (χ0n) is 18.5. The molecule has 9 heteroatoms. The summed E-state index contributed by atoms with van der Waals surface area (Å²) in [5.74, 6) is -0.0413. The van der Waals surface area contributed by atoms with Crippen LogP contribution >= 0.6 is 0 Å². The van der Waals surface area contributed by atoms with Crippen LogP contribution in [0.2, 0.25) is 0 Å². The smallest absolute Gasteiger partial charge is 0.489 e. The molecule has 178 valence electrons. The Morgan fingerprint density at radius 2 is 2.00 bits per heavy atom. The minimum atomic E-state index is -4.85. The summed E-state index contributed by atoms with van der Waals surface area (Å²) in [5, 5.41) is 10.1. The standard InChI is InChI=1S/C25H23F3N2O4/c1-2-32-24(31)13-18-4-3-7-30-22-6-5-20(11-19(22)12-23(18)30)33-15-17-8-16(14-29)9-21(10-17)34-25(26,27)28/h5-6,8-12,18H,2-4,7,13,15H2,1H3. The normalized spacial score (nSPS) is 15.4. The molecule has 0 amide bonds. The predicted molar refractivity (Wildman–Crippen MR) is 117 cm³/mol. The fourth-order valence-corrected chi connectivity index (χ4v) is 4.39. The molecule has 34 heavy (non-hydrogen) atoms. The summed E-state index contributed by atoms with van der Waals surface area (Å²) in [6.45, 7) is 2.98. The molecule has 0 radical (unpaired) electrons. The SMILES string of the molecule is CCOC(=O)CC1CCCn2c1cc1cc(OCc3cc(C#N)cc(OC(F)(F)F)c3)ccc12. The number of alkyl halides is 3. The van der Waals surface area contributed by atoms with E-state index in [1.54, 1.807) is 13.0 Å². The van der Waals surface area contributed by atoms with E-state index in [9.17, 15) is 18.0 Å². The van der Waals surface area contributed by atoms with E-state index in [1.807, 2.05) is 18.2 Å². The number of hydrogen-bond acceptors (Lipinski definition) is 5. The van der Waals surface area contributed by atoms with Crippen LogP contribution in [0.1, 0.15) is 48.9 Å². The van der Waals surface area contributed by atoms with Gasteiger partial charge in [-0.1, -0.05) is 0 Å². The lowest BCUT2D eigenvalue weighted by Gasteiger charge is -2.24. The van der Waals surface area contributed by atoms with E-state index in [4.69, 9.17) is 14.7 Å². The van der Waals surface area contributed by atoms with Gasteiger partial charge in [-0.25, -0.2) is 0 Å². The first kappa shape index (κ1) is 23.5. The van der Waals surface area contributed by atoms with Crippen LogP contribution < -0.4 is 9.47 Å². The fourth-order valence-electron chi connectivity index (χ4n) is 4.39. The molecular weight excluding hydrogens is 449 g/mol. The van der Waals surface area contributed by atoms with Gasteiger partial charge in [-0.3, -0.25) is 4.79 Å². The van der Waals surface area contributed by atoms with Crippen molar-refractivity contribution in [3.8, 4) is 17.6 Å². The topological polar surface area (TPSA) is 73.5 Å². The Balaban J connectivity index is 1.53. The number of aryl methyl sites for hydroxylation is 1. The van der Waals surface area contributed by atoms with Gasteiger partial charge in [0, 0.05) is 29.1 Å². The molecule has 0 bridgehead atoms. The van der Waals surface area contributed by atoms with Crippen molar-refractivity contribution in [2.75, 3.05) is 6.61 Å². The number of fused-ring (bicyclic) bond motifs is 3. The van der Waals surface area contributed by atoms with Crippen LogP contribution in [0.4, 0.5) is 13.2 Å². The molecule has 6 nitrogen and oxygen atoms in total. The average Bonchev–Trinajstić information content (AvgIpc) is 3.15. The summed E-state index contributed by atoms with van der Waals surface area (Å²) in [7, 11) is 0. The van der Waals surface area contributed by atoms with Gasteiger partial charge in [0.2, 0.25) is 0 Å². The van der Waals surface area contributed by atoms with E-state index in [0.717, 1.165) is 42.0 Å². The highest BCUT2D eigenvalue weighted by atomic mass is 19.4. The van der Waals surface area contributed by atoms with E-state index in [2.05, 4.69) is 15.4 Å². The number of rotatable bonds is 7. The molecule has 2 heterocycles. The zero-order chi connectivity index (χ0) is 24.3. The Kier molecular flexibility index (Phi) is 6.68. The summed E-state index contributed by atoms with van der Waals surface area (Å²) in [6.07, 6.45) is -2.63. The van der Waals surface area contributed by atoms with Gasteiger partial charge in [0.05, 0.1) is 24.7 Å². The number of esters is 1. The number of nitrogens with zero attached hydrogens (tertiary/aromatic N) is 2. The maximum absolute atomic E-state index is 12.6. The van der Waals surface area contributed by atoms with Gasteiger partial charge in [0.1, 0.15) is 18.1 Å². The van der Waals surface area contributed by atoms with Gasteiger partial charge in [-0.05, 0) is 67.8 Å². The fraction of sp³-hybridized carbons (Fsp3) is 0.360. The zero-order valence-corrected chi connectivity index (χ0v) is 18.5. The Morgan fingerprint density at radius 1 is 1.18 bits per heavy atom. The van der Waals surface area contributed by atoms with Crippen molar-refractivity contribution >= 4 is 16.9 Å². The number of ether oxygens (including phenoxy) is 3. The molecule has 1 aliphatic heterocycles. The minimum Gasteiger partial charge on any atom is -0.489 e. The Bertz CT molecular complexity index is 1240. The third-order valence-corrected chi connectivity index (χ3v) is 5.71. The summed E-state index contributed by atoms with van der Waals surface area (Å²) in [4.78, 5) is 12.0. The van der Waals surface area contributed by atoms with E-state index in [0.29, 0.717) is 24.3 Å². The van der Waals surface area contributed by atoms with Crippen LogP contribution in [0.15, 0.2) is 42.5 Å². The van der Waals surface area contributed by atoms with Gasteiger partial charge in [-0.2, -0.15) is 5.26 Å². The second kappa shape index (κ2) is 9.67. The van der Waals surface area contributed by atoms with Crippen LogP contribution in [-0.2, 0) is 22.7 Å². The first-order valence-electron chi connectivity index (χ1n) is 11.0. The molecule has 0 saturated heterocycles. The lowest BCUT2D eigenvalue weighted by atomic mass is 9.93. The van der Waals surface area contributed by atoms with Crippen molar-refractivity contribution in [1.82, 2.24) is 4.57 Å². The number of benzene rings is 2. The molecule has 1 atom stereocenters. The first-order chi connectivity index (χ1) is 16.3. The third-order valence-electron chi connectivity index (χ3n) is 5.71. The summed E-state index contributed by atoms with van der Waals surface area (Å²) < 4.78 is 54.8. The van der Waals surface area contributed by atoms with E-state index < -0.39 is 12.1 Å². The third kappa shape index (κ3) is 5.45. The maximum atomic E-state index is 12.6. The lowest BCUT2D eigenvalue weighted by Crippen LogP contribution is -2.18. The second-order valence-corrected chi connectivity index (χ2v) is 8.10. The molecule has 4 rings (SSSR count). The minimum absolute atomic E-state index is 0.0334. The number of aromatic nitrogens is 1. The Labute approximate surface area is 194 Å². The monoisotopic (exact) mass is 472 g/mol. The van der Waals surface area contributed by atoms with E-state index >= 15 is 0 Å². The van der Waals surface area contributed by atoms with Crippen molar-refractivity contribution in [2.45, 2.75) is 51.6 Å². The Hall–Kier alpha value is -3.67. The van der Waals surface area contributed by atoms with E-state index in [1.165, 1.54) is 12.1 Å². The number of hydrogen-bond donors (Lipinski definition) is 0. The molecule has 1 unspecified atom stereocenters. The molecule has 0 fully saturated rings. The van der Waals surface area contributed by atoms with Gasteiger partial charge in [0.25, 0.3) is 0 Å². The van der Waals surface area contributed by atoms with Crippen molar-refractivity contribution in [1.29, 1.82) is 5.26 Å². The largest absolute Gasteiger partial charge is 0.573 e. The number of carbonyl (C=O) groups is 1. The van der Waals surface area contributed by atoms with E-state index in [-0.39, 0.29) is 24.1 Å². The second-order valence-electron chi connectivity index (χ2n) is 8.10. The van der Waals surface area contributed by atoms with Crippen molar-refractivity contribution in [2.24, 2.45) is 0 Å². The maximum Gasteiger partial charge on any atom is 0.573 e. The van der Waals surface area contributed by atoms with Crippen molar-refractivity contribution < 1.29 is 32.2 Å². The highest BCUT2D eigenvalue weighted by molar-refractivity contribution is 5.83. The van der Waals surface area contributed by atoms with Gasteiger partial charge < -0.3 is 18.8 Å².